The monoisotopic (exact) mass is 298 g/mol. The van der Waals surface area contributed by atoms with Crippen molar-refractivity contribution in [1.82, 2.24) is 0 Å². The molecule has 92 valence electrons. The molecule has 1 N–H and O–H groups in total. The van der Waals surface area contributed by atoms with Gasteiger partial charge in [0.2, 0.25) is 8.46 Å². The zero-order chi connectivity index (χ0) is 13.2. The predicted octanol–water partition coefficient (Wildman–Crippen LogP) is 4.48. The Hall–Kier alpha value is -0.920. The number of hydrogen-bond donors (Lipinski definition) is 1. The first-order valence-electron chi connectivity index (χ1n) is 5.15. The standard InChI is InChI=1S/C13H9Cl2O2P/c14-11-5-1-9(2-6-11)13(16,18-17)10-3-7-12(15)8-4-10/h1-8,16H. The summed E-state index contributed by atoms with van der Waals surface area (Å²) in [6.45, 7) is 0. The Morgan fingerprint density at radius 3 is 1.44 bits per heavy atom. The molecule has 18 heavy (non-hydrogen) atoms. The van der Waals surface area contributed by atoms with Crippen LogP contribution in [-0.2, 0) is 9.91 Å². The first-order chi connectivity index (χ1) is 8.56. The Morgan fingerprint density at radius 2 is 1.17 bits per heavy atom. The van der Waals surface area contributed by atoms with Crippen molar-refractivity contribution in [3.63, 3.8) is 0 Å². The van der Waals surface area contributed by atoms with E-state index in [0.717, 1.165) is 0 Å². The van der Waals surface area contributed by atoms with Crippen LogP contribution in [0.4, 0.5) is 0 Å². The van der Waals surface area contributed by atoms with Crippen LogP contribution in [0.3, 0.4) is 0 Å². The molecule has 0 unspecified atom stereocenters. The predicted molar refractivity (Wildman–Crippen MR) is 73.5 cm³/mol. The summed E-state index contributed by atoms with van der Waals surface area (Å²) < 4.78 is 11.4. The molecule has 0 aromatic heterocycles. The molecule has 2 aromatic rings. The zero-order valence-corrected chi connectivity index (χ0v) is 11.6. The van der Waals surface area contributed by atoms with Gasteiger partial charge in [-0.15, -0.1) is 0 Å². The number of hydrogen-bond acceptors (Lipinski definition) is 2. The van der Waals surface area contributed by atoms with E-state index in [1.54, 1.807) is 48.5 Å². The van der Waals surface area contributed by atoms with Gasteiger partial charge in [-0.05, 0) is 35.4 Å². The molecule has 2 aromatic carbocycles. The first-order valence-corrected chi connectivity index (χ1v) is 6.72. The van der Waals surface area contributed by atoms with Crippen LogP contribution in [0.25, 0.3) is 0 Å². The van der Waals surface area contributed by atoms with Crippen LogP contribution >= 0.6 is 31.7 Å². The summed E-state index contributed by atoms with van der Waals surface area (Å²) in [7, 11) is -0.410. The fourth-order valence-electron chi connectivity index (χ4n) is 1.64. The summed E-state index contributed by atoms with van der Waals surface area (Å²) >= 11 is 11.6. The van der Waals surface area contributed by atoms with Crippen LogP contribution in [0.1, 0.15) is 11.1 Å². The quantitative estimate of drug-likeness (QED) is 0.848. The van der Waals surface area contributed by atoms with Crippen molar-refractivity contribution in [3.8, 4) is 0 Å². The Kier molecular flexibility index (Phi) is 4.04. The van der Waals surface area contributed by atoms with Gasteiger partial charge in [0.05, 0.1) is 0 Å². The van der Waals surface area contributed by atoms with Crippen molar-refractivity contribution in [2.24, 2.45) is 0 Å². The topological polar surface area (TPSA) is 37.3 Å². The van der Waals surface area contributed by atoms with Crippen LogP contribution in [0.2, 0.25) is 10.0 Å². The molecule has 0 heterocycles. The van der Waals surface area contributed by atoms with Crippen LogP contribution < -0.4 is 0 Å². The van der Waals surface area contributed by atoms with Gasteiger partial charge in [0.1, 0.15) is 0 Å². The minimum Gasteiger partial charge on any atom is -0.370 e. The highest BCUT2D eigenvalue weighted by molar-refractivity contribution is 7.25. The van der Waals surface area contributed by atoms with Gasteiger partial charge in [0.25, 0.3) is 0 Å². The van der Waals surface area contributed by atoms with E-state index in [4.69, 9.17) is 23.2 Å². The van der Waals surface area contributed by atoms with Crippen molar-refractivity contribution >= 4 is 31.7 Å². The Morgan fingerprint density at radius 1 is 0.833 bits per heavy atom. The van der Waals surface area contributed by atoms with Crippen molar-refractivity contribution in [3.05, 3.63) is 69.7 Å². The largest absolute Gasteiger partial charge is 0.370 e. The molecule has 5 heteroatoms. The number of benzene rings is 2. The van der Waals surface area contributed by atoms with E-state index in [2.05, 4.69) is 0 Å². The lowest BCUT2D eigenvalue weighted by atomic mass is 10.0. The van der Waals surface area contributed by atoms with Gasteiger partial charge in [0.15, 0.2) is 5.34 Å². The average molecular weight is 299 g/mol. The van der Waals surface area contributed by atoms with Crippen LogP contribution in [0.15, 0.2) is 48.5 Å². The van der Waals surface area contributed by atoms with Crippen molar-refractivity contribution in [2.45, 2.75) is 5.34 Å². The van der Waals surface area contributed by atoms with Gasteiger partial charge in [-0.1, -0.05) is 47.5 Å². The normalized spacial score (nSPS) is 11.7. The van der Waals surface area contributed by atoms with Crippen molar-refractivity contribution < 1.29 is 9.67 Å². The maximum Gasteiger partial charge on any atom is 0.200 e. The molecule has 2 nitrogen and oxygen atoms in total. The third-order valence-electron chi connectivity index (χ3n) is 2.63. The Balaban J connectivity index is 2.50. The second-order valence-corrected chi connectivity index (χ2v) is 5.48. The molecule has 0 fully saturated rings. The average Bonchev–Trinajstić information content (AvgIpc) is 2.39. The highest BCUT2D eigenvalue weighted by Crippen LogP contribution is 2.39. The molecule has 0 saturated heterocycles. The second kappa shape index (κ2) is 5.38. The molecule has 0 aliphatic carbocycles. The minimum absolute atomic E-state index is 0.410. The van der Waals surface area contributed by atoms with Gasteiger partial charge in [-0.3, -0.25) is 4.57 Å². The molecule has 0 aliphatic heterocycles. The maximum atomic E-state index is 11.4. The Bertz CT molecular complexity index is 507. The van der Waals surface area contributed by atoms with E-state index in [0.29, 0.717) is 21.2 Å². The van der Waals surface area contributed by atoms with E-state index in [1.807, 2.05) is 0 Å². The van der Waals surface area contributed by atoms with E-state index < -0.39 is 13.8 Å². The van der Waals surface area contributed by atoms with Gasteiger partial charge >= 0.3 is 0 Å². The highest BCUT2D eigenvalue weighted by atomic mass is 35.5. The lowest BCUT2D eigenvalue weighted by Crippen LogP contribution is -2.19. The summed E-state index contributed by atoms with van der Waals surface area (Å²) in [4.78, 5) is 0. The summed E-state index contributed by atoms with van der Waals surface area (Å²) in [6.07, 6.45) is 0. The molecule has 0 spiro atoms. The SMILES string of the molecule is O=PC(O)(c1ccc(Cl)cc1)c1ccc(Cl)cc1. The Labute approximate surface area is 116 Å². The number of halogens is 2. The third kappa shape index (κ3) is 2.57. The van der Waals surface area contributed by atoms with E-state index in [-0.39, 0.29) is 0 Å². The minimum atomic E-state index is -1.59. The van der Waals surface area contributed by atoms with Crippen LogP contribution in [0.5, 0.6) is 0 Å². The molecular formula is C13H9Cl2O2P. The van der Waals surface area contributed by atoms with Gasteiger partial charge in [-0.25, -0.2) is 0 Å². The number of rotatable bonds is 3. The zero-order valence-electron chi connectivity index (χ0n) is 9.18. The molecule has 0 atom stereocenters. The lowest BCUT2D eigenvalue weighted by Gasteiger charge is -2.21. The number of aliphatic hydroxyl groups is 1. The summed E-state index contributed by atoms with van der Waals surface area (Å²) in [5.41, 5.74) is 1.01. The van der Waals surface area contributed by atoms with Crippen LogP contribution in [0, 0.1) is 0 Å². The molecular weight excluding hydrogens is 290 g/mol. The fraction of sp³-hybridized carbons (Fsp3) is 0.0769. The van der Waals surface area contributed by atoms with E-state index >= 15 is 0 Å². The summed E-state index contributed by atoms with van der Waals surface area (Å²) in [5.74, 6) is 0. The third-order valence-corrected chi connectivity index (χ3v) is 3.91. The van der Waals surface area contributed by atoms with Crippen molar-refractivity contribution in [2.75, 3.05) is 0 Å². The molecule has 2 rings (SSSR count). The smallest absolute Gasteiger partial charge is 0.200 e. The molecule has 0 saturated carbocycles. The van der Waals surface area contributed by atoms with E-state index in [1.165, 1.54) is 0 Å². The van der Waals surface area contributed by atoms with Gasteiger partial charge in [-0.2, -0.15) is 0 Å². The fourth-order valence-corrected chi connectivity index (χ4v) is 2.40. The van der Waals surface area contributed by atoms with Gasteiger partial charge in [0, 0.05) is 10.0 Å². The van der Waals surface area contributed by atoms with Gasteiger partial charge < -0.3 is 5.11 Å². The van der Waals surface area contributed by atoms with Crippen LogP contribution in [-0.4, -0.2) is 5.11 Å². The second-order valence-electron chi connectivity index (χ2n) is 3.78. The molecule has 0 aliphatic rings. The molecule has 0 radical (unpaired) electrons. The maximum absolute atomic E-state index is 11.4. The summed E-state index contributed by atoms with van der Waals surface area (Å²) in [5, 5.41) is 10.1. The first kappa shape index (κ1) is 13.5. The van der Waals surface area contributed by atoms with Crippen molar-refractivity contribution in [1.29, 1.82) is 0 Å². The molecule has 0 amide bonds. The van der Waals surface area contributed by atoms with E-state index in [9.17, 15) is 9.67 Å². The summed E-state index contributed by atoms with van der Waals surface area (Å²) in [6, 6.07) is 13.1. The molecule has 0 bridgehead atoms. The lowest BCUT2D eigenvalue weighted by molar-refractivity contribution is 0.173. The highest BCUT2D eigenvalue weighted by Gasteiger charge is 2.32.